The number of hydrogen-bond donors (Lipinski definition) is 1. The van der Waals surface area contributed by atoms with Crippen LogP contribution in [-0.2, 0) is 11.2 Å². The van der Waals surface area contributed by atoms with Crippen LogP contribution in [0.2, 0.25) is 5.02 Å². The molecule has 0 bridgehead atoms. The summed E-state index contributed by atoms with van der Waals surface area (Å²) in [7, 11) is 0. The molecular weight excluding hydrogens is 426 g/mol. The molecule has 4 rings (SSSR count). The monoisotopic (exact) mass is 443 g/mol. The SMILES string of the molecule is CCc1nnc2sc(-c3ccc(C)c(NC(=O)CSc4ccc(Cl)cc4)c3)nn12. The van der Waals surface area contributed by atoms with Gasteiger partial charge in [-0.25, -0.2) is 0 Å². The largest absolute Gasteiger partial charge is 0.325 e. The van der Waals surface area contributed by atoms with Gasteiger partial charge in [0, 0.05) is 27.6 Å². The lowest BCUT2D eigenvalue weighted by Gasteiger charge is -2.10. The van der Waals surface area contributed by atoms with Crippen molar-refractivity contribution in [3.63, 3.8) is 0 Å². The quantitative estimate of drug-likeness (QED) is 0.419. The summed E-state index contributed by atoms with van der Waals surface area (Å²) in [5, 5.41) is 17.5. The van der Waals surface area contributed by atoms with E-state index < -0.39 is 0 Å². The highest BCUT2D eigenvalue weighted by atomic mass is 35.5. The van der Waals surface area contributed by atoms with Gasteiger partial charge in [0.2, 0.25) is 10.9 Å². The Morgan fingerprint density at radius 1 is 1.21 bits per heavy atom. The molecule has 6 nitrogen and oxygen atoms in total. The minimum Gasteiger partial charge on any atom is -0.325 e. The van der Waals surface area contributed by atoms with Crippen LogP contribution in [-0.4, -0.2) is 31.5 Å². The van der Waals surface area contributed by atoms with Crippen LogP contribution in [0.5, 0.6) is 0 Å². The van der Waals surface area contributed by atoms with Crippen molar-refractivity contribution < 1.29 is 4.79 Å². The molecule has 29 heavy (non-hydrogen) atoms. The minimum atomic E-state index is -0.0587. The Hall–Kier alpha value is -2.42. The number of rotatable bonds is 6. The predicted molar refractivity (Wildman–Crippen MR) is 119 cm³/mol. The molecule has 0 unspecified atom stereocenters. The second-order valence-electron chi connectivity index (χ2n) is 6.39. The molecule has 1 N–H and O–H groups in total. The molecule has 0 saturated heterocycles. The first-order chi connectivity index (χ1) is 14.0. The van der Waals surface area contributed by atoms with Crippen molar-refractivity contribution in [2.45, 2.75) is 25.2 Å². The molecule has 0 radical (unpaired) electrons. The van der Waals surface area contributed by atoms with Crippen LogP contribution in [0.3, 0.4) is 0 Å². The maximum absolute atomic E-state index is 12.4. The Bertz CT molecular complexity index is 1170. The van der Waals surface area contributed by atoms with Gasteiger partial charge in [0.15, 0.2) is 5.82 Å². The third-order valence-corrected chi connectivity index (χ3v) is 6.53. The number of nitrogens with one attached hydrogen (secondary N) is 1. The van der Waals surface area contributed by atoms with Gasteiger partial charge >= 0.3 is 0 Å². The minimum absolute atomic E-state index is 0.0587. The van der Waals surface area contributed by atoms with E-state index in [9.17, 15) is 4.79 Å². The molecule has 0 spiro atoms. The summed E-state index contributed by atoms with van der Waals surface area (Å²) >= 11 is 8.85. The Morgan fingerprint density at radius 2 is 2.00 bits per heavy atom. The number of fused-ring (bicyclic) bond motifs is 1. The summed E-state index contributed by atoms with van der Waals surface area (Å²) < 4.78 is 1.78. The molecule has 2 aromatic heterocycles. The van der Waals surface area contributed by atoms with Gasteiger partial charge in [-0.3, -0.25) is 4.79 Å². The highest BCUT2D eigenvalue weighted by molar-refractivity contribution is 8.00. The lowest BCUT2D eigenvalue weighted by molar-refractivity contribution is -0.113. The molecule has 0 aliphatic carbocycles. The number of thioether (sulfide) groups is 1. The van der Waals surface area contributed by atoms with Crippen LogP contribution in [0.15, 0.2) is 47.4 Å². The molecule has 148 valence electrons. The van der Waals surface area contributed by atoms with E-state index >= 15 is 0 Å². The molecule has 1 amide bonds. The number of amides is 1. The third-order valence-electron chi connectivity index (χ3n) is 4.31. The first-order valence-corrected chi connectivity index (χ1v) is 11.2. The number of halogens is 1. The second-order valence-corrected chi connectivity index (χ2v) is 8.83. The number of aromatic nitrogens is 4. The first-order valence-electron chi connectivity index (χ1n) is 9.04. The normalized spacial score (nSPS) is 11.1. The fourth-order valence-corrected chi connectivity index (χ4v) is 4.43. The third kappa shape index (κ3) is 4.44. The van der Waals surface area contributed by atoms with Crippen molar-refractivity contribution in [1.82, 2.24) is 19.8 Å². The van der Waals surface area contributed by atoms with Crippen molar-refractivity contribution in [3.05, 3.63) is 58.9 Å². The average Bonchev–Trinajstić information content (AvgIpc) is 3.30. The standard InChI is InChI=1S/C20H18ClN5OS2/c1-3-17-23-24-20-26(17)25-19(29-20)13-5-4-12(2)16(10-13)22-18(27)11-28-15-8-6-14(21)7-9-15/h4-10H,3,11H2,1-2H3,(H,22,27). The molecule has 0 aliphatic rings. The molecule has 0 aliphatic heterocycles. The summed E-state index contributed by atoms with van der Waals surface area (Å²) in [4.78, 5) is 14.2. The number of carbonyl (C=O) groups is 1. The van der Waals surface area contributed by atoms with Crippen LogP contribution in [0.4, 0.5) is 5.69 Å². The van der Waals surface area contributed by atoms with Crippen LogP contribution in [0.1, 0.15) is 18.3 Å². The van der Waals surface area contributed by atoms with Gasteiger partial charge in [0.05, 0.1) is 5.75 Å². The van der Waals surface area contributed by atoms with E-state index in [1.165, 1.54) is 23.1 Å². The van der Waals surface area contributed by atoms with Gasteiger partial charge in [0.1, 0.15) is 5.01 Å². The summed E-state index contributed by atoms with van der Waals surface area (Å²) in [6, 6.07) is 13.4. The van der Waals surface area contributed by atoms with Crippen LogP contribution in [0, 0.1) is 6.92 Å². The van der Waals surface area contributed by atoms with Gasteiger partial charge in [-0.05, 0) is 42.8 Å². The zero-order valence-corrected chi connectivity index (χ0v) is 18.2. The highest BCUT2D eigenvalue weighted by Gasteiger charge is 2.14. The summed E-state index contributed by atoms with van der Waals surface area (Å²) in [6.07, 6.45) is 0.769. The molecule has 0 saturated carbocycles. The number of carbonyl (C=O) groups excluding carboxylic acids is 1. The maximum atomic E-state index is 12.4. The number of aryl methyl sites for hydroxylation is 2. The van der Waals surface area contributed by atoms with E-state index in [1.807, 2.05) is 56.3 Å². The van der Waals surface area contributed by atoms with E-state index in [1.54, 1.807) is 4.52 Å². The predicted octanol–water partition coefficient (Wildman–Crippen LogP) is 5.11. The number of anilines is 1. The number of hydrogen-bond acceptors (Lipinski definition) is 6. The molecule has 9 heteroatoms. The van der Waals surface area contributed by atoms with Crippen molar-refractivity contribution in [3.8, 4) is 10.6 Å². The Labute approximate surface area is 181 Å². The van der Waals surface area contributed by atoms with Crippen molar-refractivity contribution in [2.24, 2.45) is 0 Å². The summed E-state index contributed by atoms with van der Waals surface area (Å²) in [5.74, 6) is 1.10. The van der Waals surface area contributed by atoms with Crippen molar-refractivity contribution in [2.75, 3.05) is 11.1 Å². The van der Waals surface area contributed by atoms with E-state index in [2.05, 4.69) is 20.6 Å². The Balaban J connectivity index is 1.49. The number of nitrogens with zero attached hydrogens (tertiary/aromatic N) is 4. The van der Waals surface area contributed by atoms with Gasteiger partial charge < -0.3 is 5.32 Å². The topological polar surface area (TPSA) is 72.2 Å². The molecule has 2 heterocycles. The lowest BCUT2D eigenvalue weighted by atomic mass is 10.1. The van der Waals surface area contributed by atoms with Crippen molar-refractivity contribution >= 4 is 51.3 Å². The van der Waals surface area contributed by atoms with Crippen LogP contribution in [0.25, 0.3) is 15.5 Å². The summed E-state index contributed by atoms with van der Waals surface area (Å²) in [6.45, 7) is 4.00. The molecular formula is C20H18ClN5OS2. The van der Waals surface area contributed by atoms with Gasteiger partial charge in [0.25, 0.3) is 0 Å². The number of benzene rings is 2. The van der Waals surface area contributed by atoms with Gasteiger partial charge in [-0.2, -0.15) is 9.61 Å². The van der Waals surface area contributed by atoms with E-state index in [4.69, 9.17) is 11.6 Å². The first kappa shape index (κ1) is 19.9. The molecule has 2 aromatic carbocycles. The van der Waals surface area contributed by atoms with Gasteiger partial charge in [-0.15, -0.1) is 22.0 Å². The van der Waals surface area contributed by atoms with Crippen LogP contribution >= 0.6 is 34.7 Å². The van der Waals surface area contributed by atoms with E-state index in [-0.39, 0.29) is 5.91 Å². The van der Waals surface area contributed by atoms with E-state index in [0.29, 0.717) is 10.8 Å². The van der Waals surface area contributed by atoms with Crippen LogP contribution < -0.4 is 5.32 Å². The fraction of sp³-hybridized carbons (Fsp3) is 0.200. The summed E-state index contributed by atoms with van der Waals surface area (Å²) in [5.41, 5.74) is 2.72. The zero-order valence-electron chi connectivity index (χ0n) is 15.8. The second kappa shape index (κ2) is 8.52. The fourth-order valence-electron chi connectivity index (χ4n) is 2.75. The average molecular weight is 444 g/mol. The zero-order chi connectivity index (χ0) is 20.4. The van der Waals surface area contributed by atoms with E-state index in [0.717, 1.165) is 43.9 Å². The van der Waals surface area contributed by atoms with Gasteiger partial charge in [-0.1, -0.05) is 42.0 Å². The lowest BCUT2D eigenvalue weighted by Crippen LogP contribution is -2.14. The molecule has 0 atom stereocenters. The smallest absolute Gasteiger partial charge is 0.234 e. The molecule has 0 fully saturated rings. The van der Waals surface area contributed by atoms with Crippen molar-refractivity contribution in [1.29, 1.82) is 0 Å². The Morgan fingerprint density at radius 3 is 2.76 bits per heavy atom. The highest BCUT2D eigenvalue weighted by Crippen LogP contribution is 2.29. The Kier molecular flexibility index (Phi) is 5.84. The maximum Gasteiger partial charge on any atom is 0.234 e. The molecule has 4 aromatic rings.